The van der Waals surface area contributed by atoms with E-state index in [9.17, 15) is 14.5 Å². The predicted molar refractivity (Wildman–Crippen MR) is 83.7 cm³/mol. The summed E-state index contributed by atoms with van der Waals surface area (Å²) in [5.74, 6) is -0.790. The van der Waals surface area contributed by atoms with Crippen LogP contribution in [0.4, 0.5) is 21.5 Å². The van der Waals surface area contributed by atoms with Gasteiger partial charge in [-0.3, -0.25) is 10.1 Å². The first kappa shape index (κ1) is 14.3. The van der Waals surface area contributed by atoms with Crippen molar-refractivity contribution in [1.82, 2.24) is 0 Å². The quantitative estimate of drug-likeness (QED) is 0.694. The summed E-state index contributed by atoms with van der Waals surface area (Å²) in [6.45, 7) is 1.27. The van der Waals surface area contributed by atoms with Crippen LogP contribution in [-0.4, -0.2) is 24.1 Å². The first-order valence-corrected chi connectivity index (χ1v) is 7.14. The van der Waals surface area contributed by atoms with Crippen LogP contribution in [0.25, 0.3) is 0 Å². The van der Waals surface area contributed by atoms with Crippen molar-refractivity contribution < 1.29 is 9.31 Å². The lowest BCUT2D eigenvalue weighted by atomic mass is 10.2. The third-order valence-electron chi connectivity index (χ3n) is 3.82. The van der Waals surface area contributed by atoms with Crippen LogP contribution in [0.1, 0.15) is 6.42 Å². The first-order valence-electron chi connectivity index (χ1n) is 7.14. The lowest BCUT2D eigenvalue weighted by Crippen LogP contribution is -2.26. The molecule has 114 valence electrons. The van der Waals surface area contributed by atoms with Gasteiger partial charge in [0.1, 0.15) is 5.69 Å². The van der Waals surface area contributed by atoms with Crippen molar-refractivity contribution in [3.8, 4) is 0 Å². The Morgan fingerprint density at radius 3 is 2.68 bits per heavy atom. The van der Waals surface area contributed by atoms with Gasteiger partial charge in [-0.25, -0.2) is 0 Å². The smallest absolute Gasteiger partial charge is 0.327 e. The second-order valence-electron chi connectivity index (χ2n) is 5.31. The summed E-state index contributed by atoms with van der Waals surface area (Å²) in [6, 6.07) is 14.2. The van der Waals surface area contributed by atoms with Gasteiger partial charge in [-0.15, -0.1) is 0 Å². The average molecular weight is 301 g/mol. The molecule has 22 heavy (non-hydrogen) atoms. The van der Waals surface area contributed by atoms with Gasteiger partial charge in [-0.1, -0.05) is 24.3 Å². The Morgan fingerprint density at radius 1 is 1.18 bits per heavy atom. The molecule has 0 radical (unpaired) electrons. The summed E-state index contributed by atoms with van der Waals surface area (Å²) in [4.78, 5) is 12.3. The fourth-order valence-electron chi connectivity index (χ4n) is 2.81. The number of hydrogen-bond donors (Lipinski definition) is 1. The van der Waals surface area contributed by atoms with E-state index in [4.69, 9.17) is 0 Å². The van der Waals surface area contributed by atoms with Crippen LogP contribution in [0.3, 0.4) is 0 Å². The molecule has 1 N–H and O–H groups in total. The van der Waals surface area contributed by atoms with Gasteiger partial charge in [0.25, 0.3) is 0 Å². The van der Waals surface area contributed by atoms with E-state index in [2.05, 4.69) is 5.32 Å². The minimum atomic E-state index is -0.790. The molecule has 0 spiro atoms. The highest BCUT2D eigenvalue weighted by Gasteiger charge is 2.29. The fraction of sp³-hybridized carbons (Fsp3) is 0.250. The molecular weight excluding hydrogens is 285 g/mol. The minimum absolute atomic E-state index is 0.185. The van der Waals surface area contributed by atoms with Gasteiger partial charge in [-0.05, 0) is 30.7 Å². The lowest BCUT2D eigenvalue weighted by Gasteiger charge is -2.19. The Kier molecular flexibility index (Phi) is 3.91. The van der Waals surface area contributed by atoms with Gasteiger partial charge in [0.15, 0.2) is 0 Å². The zero-order chi connectivity index (χ0) is 15.5. The van der Waals surface area contributed by atoms with Crippen LogP contribution in [0.15, 0.2) is 48.5 Å². The number of nitro groups is 1. The summed E-state index contributed by atoms with van der Waals surface area (Å²) >= 11 is 0. The van der Waals surface area contributed by atoms with Crippen LogP contribution in [0.2, 0.25) is 0 Å². The van der Waals surface area contributed by atoms with Crippen molar-refractivity contribution in [2.75, 3.05) is 23.3 Å². The second-order valence-corrected chi connectivity index (χ2v) is 5.31. The Labute approximate surface area is 127 Å². The van der Waals surface area contributed by atoms with Gasteiger partial charge in [0, 0.05) is 24.8 Å². The Morgan fingerprint density at radius 2 is 1.95 bits per heavy atom. The highest BCUT2D eigenvalue weighted by atomic mass is 19.1. The van der Waals surface area contributed by atoms with Crippen molar-refractivity contribution in [2.45, 2.75) is 12.5 Å². The fourth-order valence-corrected chi connectivity index (χ4v) is 2.81. The summed E-state index contributed by atoms with van der Waals surface area (Å²) in [5, 5.41) is 14.5. The molecule has 1 atom stereocenters. The molecule has 1 aliphatic heterocycles. The largest absolute Gasteiger partial charge is 0.380 e. The number of nitro benzene ring substituents is 1. The van der Waals surface area contributed by atoms with Crippen molar-refractivity contribution in [3.63, 3.8) is 0 Å². The number of rotatable bonds is 4. The van der Waals surface area contributed by atoms with Gasteiger partial charge in [-0.2, -0.15) is 4.39 Å². The number of hydrogen-bond acceptors (Lipinski definition) is 4. The SMILES string of the molecule is O=[N+]([O-])c1c(F)cccc1N1CCC(Nc2ccccc2)C1. The summed E-state index contributed by atoms with van der Waals surface area (Å²) in [6.07, 6.45) is 0.850. The molecule has 0 aromatic heterocycles. The molecule has 0 amide bonds. The van der Waals surface area contributed by atoms with E-state index in [1.54, 1.807) is 6.07 Å². The monoisotopic (exact) mass is 301 g/mol. The van der Waals surface area contributed by atoms with Crippen molar-refractivity contribution in [1.29, 1.82) is 0 Å². The Hall–Kier alpha value is -2.63. The van der Waals surface area contributed by atoms with Crippen molar-refractivity contribution >= 4 is 17.1 Å². The molecule has 0 bridgehead atoms. The Balaban J connectivity index is 1.76. The molecule has 1 heterocycles. The number of anilines is 2. The van der Waals surface area contributed by atoms with E-state index in [-0.39, 0.29) is 6.04 Å². The third kappa shape index (κ3) is 2.86. The lowest BCUT2D eigenvalue weighted by molar-refractivity contribution is -0.386. The molecule has 1 saturated heterocycles. The van der Waals surface area contributed by atoms with Gasteiger partial charge in [0.05, 0.1) is 4.92 Å². The van der Waals surface area contributed by atoms with Crippen LogP contribution < -0.4 is 10.2 Å². The van der Waals surface area contributed by atoms with E-state index < -0.39 is 16.4 Å². The summed E-state index contributed by atoms with van der Waals surface area (Å²) < 4.78 is 13.7. The van der Waals surface area contributed by atoms with Crippen LogP contribution in [-0.2, 0) is 0 Å². The van der Waals surface area contributed by atoms with Gasteiger partial charge < -0.3 is 10.2 Å². The second kappa shape index (κ2) is 6.01. The zero-order valence-corrected chi connectivity index (χ0v) is 11.9. The Bertz CT molecular complexity index is 678. The molecule has 6 heteroatoms. The van der Waals surface area contributed by atoms with Crippen LogP contribution in [0, 0.1) is 15.9 Å². The molecule has 0 aliphatic carbocycles. The van der Waals surface area contributed by atoms with E-state index in [1.807, 2.05) is 35.2 Å². The van der Waals surface area contributed by atoms with Crippen LogP contribution in [0.5, 0.6) is 0 Å². The molecule has 1 unspecified atom stereocenters. The molecule has 2 aromatic carbocycles. The molecule has 3 rings (SSSR count). The molecule has 5 nitrogen and oxygen atoms in total. The number of benzene rings is 2. The van der Waals surface area contributed by atoms with E-state index in [0.717, 1.165) is 18.2 Å². The highest BCUT2D eigenvalue weighted by Crippen LogP contribution is 2.33. The highest BCUT2D eigenvalue weighted by molar-refractivity contribution is 5.64. The van der Waals surface area contributed by atoms with E-state index in [0.29, 0.717) is 18.8 Å². The van der Waals surface area contributed by atoms with Gasteiger partial charge in [0.2, 0.25) is 5.82 Å². The number of para-hydroxylation sites is 2. The summed E-state index contributed by atoms with van der Waals surface area (Å²) in [7, 11) is 0. The zero-order valence-electron chi connectivity index (χ0n) is 11.9. The number of nitrogens with zero attached hydrogens (tertiary/aromatic N) is 2. The third-order valence-corrected chi connectivity index (χ3v) is 3.82. The van der Waals surface area contributed by atoms with Gasteiger partial charge >= 0.3 is 5.69 Å². The maximum atomic E-state index is 13.7. The van der Waals surface area contributed by atoms with Crippen molar-refractivity contribution in [3.05, 3.63) is 64.5 Å². The van der Waals surface area contributed by atoms with E-state index >= 15 is 0 Å². The van der Waals surface area contributed by atoms with Crippen LogP contribution >= 0.6 is 0 Å². The van der Waals surface area contributed by atoms with Crippen molar-refractivity contribution in [2.24, 2.45) is 0 Å². The molecule has 0 saturated carbocycles. The molecule has 2 aromatic rings. The standard InChI is InChI=1S/C16H16FN3O2/c17-14-7-4-8-15(16(14)20(21)22)19-10-9-13(11-19)18-12-5-2-1-3-6-12/h1-8,13,18H,9-11H2. The first-order chi connectivity index (χ1) is 10.6. The average Bonchev–Trinajstić information content (AvgIpc) is 2.96. The number of nitrogens with one attached hydrogen (secondary N) is 1. The molecule has 1 aliphatic rings. The number of halogens is 1. The summed E-state index contributed by atoms with van der Waals surface area (Å²) in [5.41, 5.74) is 0.924. The minimum Gasteiger partial charge on any atom is -0.380 e. The topological polar surface area (TPSA) is 58.4 Å². The maximum absolute atomic E-state index is 13.7. The molecule has 1 fully saturated rings. The maximum Gasteiger partial charge on any atom is 0.327 e. The van der Waals surface area contributed by atoms with E-state index in [1.165, 1.54) is 6.07 Å². The normalized spacial score (nSPS) is 17.5. The molecular formula is C16H16FN3O2. The predicted octanol–water partition coefficient (Wildman–Crippen LogP) is 3.42.